The van der Waals surface area contributed by atoms with Crippen molar-refractivity contribution in [1.82, 2.24) is 4.90 Å². The Morgan fingerprint density at radius 2 is 1.88 bits per heavy atom. The molecule has 0 aromatic heterocycles. The second-order valence-electron chi connectivity index (χ2n) is 6.64. The molecule has 0 radical (unpaired) electrons. The van der Waals surface area contributed by atoms with Gasteiger partial charge in [0.2, 0.25) is 11.8 Å². The Kier molecular flexibility index (Phi) is 5.39. The third-order valence-electron chi connectivity index (χ3n) is 4.98. The summed E-state index contributed by atoms with van der Waals surface area (Å²) in [6.07, 6.45) is 6.73. The topological polar surface area (TPSA) is 49.4 Å². The molecule has 2 fully saturated rings. The molecule has 1 unspecified atom stereocenters. The van der Waals surface area contributed by atoms with Gasteiger partial charge in [-0.3, -0.25) is 9.59 Å². The van der Waals surface area contributed by atoms with Crippen LogP contribution >= 0.6 is 11.6 Å². The van der Waals surface area contributed by atoms with Crippen LogP contribution in [0.3, 0.4) is 0 Å². The molecule has 1 aromatic rings. The van der Waals surface area contributed by atoms with Crippen LogP contribution in [0.1, 0.15) is 44.9 Å². The Labute approximate surface area is 146 Å². The van der Waals surface area contributed by atoms with Crippen molar-refractivity contribution < 1.29 is 14.0 Å². The average molecular weight is 353 g/mol. The van der Waals surface area contributed by atoms with Crippen LogP contribution in [0.4, 0.5) is 10.1 Å². The van der Waals surface area contributed by atoms with E-state index in [1.54, 1.807) is 4.90 Å². The van der Waals surface area contributed by atoms with Crippen molar-refractivity contribution in [3.05, 3.63) is 29.0 Å². The van der Waals surface area contributed by atoms with E-state index in [0.717, 1.165) is 32.1 Å². The molecule has 2 aliphatic rings. The Morgan fingerprint density at radius 1 is 1.12 bits per heavy atom. The van der Waals surface area contributed by atoms with Gasteiger partial charge in [-0.1, -0.05) is 30.9 Å². The zero-order valence-electron chi connectivity index (χ0n) is 13.6. The Balaban J connectivity index is 1.66. The van der Waals surface area contributed by atoms with E-state index in [1.807, 2.05) is 0 Å². The van der Waals surface area contributed by atoms with Crippen LogP contribution in [0.25, 0.3) is 0 Å². The van der Waals surface area contributed by atoms with Crippen molar-refractivity contribution in [3.8, 4) is 0 Å². The zero-order valence-corrected chi connectivity index (χ0v) is 14.3. The van der Waals surface area contributed by atoms with Crippen LogP contribution < -0.4 is 5.32 Å². The third-order valence-corrected chi connectivity index (χ3v) is 5.27. The van der Waals surface area contributed by atoms with Crippen LogP contribution in [0, 0.1) is 11.7 Å². The predicted molar refractivity (Wildman–Crippen MR) is 91.3 cm³/mol. The minimum atomic E-state index is -0.523. The SMILES string of the molecule is O=C(Nc1ccc(F)c(Cl)c1)C1CCCN1C(=O)C1CCCCC1. The van der Waals surface area contributed by atoms with Crippen LogP contribution in [-0.4, -0.2) is 29.3 Å². The number of amides is 2. The summed E-state index contributed by atoms with van der Waals surface area (Å²) in [5.74, 6) is -0.569. The molecule has 3 rings (SSSR count). The molecule has 24 heavy (non-hydrogen) atoms. The van der Waals surface area contributed by atoms with Crippen molar-refractivity contribution in [2.45, 2.75) is 51.0 Å². The molecule has 4 nitrogen and oxygen atoms in total. The van der Waals surface area contributed by atoms with E-state index < -0.39 is 11.9 Å². The molecule has 1 heterocycles. The summed E-state index contributed by atoms with van der Waals surface area (Å²) in [4.78, 5) is 27.0. The van der Waals surface area contributed by atoms with Crippen LogP contribution in [0.15, 0.2) is 18.2 Å². The molecular weight excluding hydrogens is 331 g/mol. The smallest absolute Gasteiger partial charge is 0.247 e. The van der Waals surface area contributed by atoms with Gasteiger partial charge in [0.15, 0.2) is 0 Å². The largest absolute Gasteiger partial charge is 0.330 e. The van der Waals surface area contributed by atoms with E-state index in [-0.39, 0.29) is 22.8 Å². The fraction of sp³-hybridized carbons (Fsp3) is 0.556. The second kappa shape index (κ2) is 7.51. The minimum absolute atomic E-state index is 0.0330. The van der Waals surface area contributed by atoms with Crippen LogP contribution in [-0.2, 0) is 9.59 Å². The van der Waals surface area contributed by atoms with Crippen molar-refractivity contribution in [2.24, 2.45) is 5.92 Å². The molecule has 1 aromatic carbocycles. The first-order chi connectivity index (χ1) is 11.6. The molecule has 1 aliphatic carbocycles. The quantitative estimate of drug-likeness (QED) is 0.894. The first-order valence-electron chi connectivity index (χ1n) is 8.62. The van der Waals surface area contributed by atoms with Gasteiger partial charge in [-0.2, -0.15) is 0 Å². The van der Waals surface area contributed by atoms with E-state index in [1.165, 1.54) is 24.6 Å². The van der Waals surface area contributed by atoms with E-state index in [9.17, 15) is 14.0 Å². The zero-order chi connectivity index (χ0) is 17.1. The summed E-state index contributed by atoms with van der Waals surface area (Å²) in [7, 11) is 0. The summed E-state index contributed by atoms with van der Waals surface area (Å²) in [5, 5.41) is 2.72. The summed E-state index contributed by atoms with van der Waals surface area (Å²) in [5.41, 5.74) is 0.448. The molecule has 1 N–H and O–H groups in total. The summed E-state index contributed by atoms with van der Waals surface area (Å²) < 4.78 is 13.2. The van der Waals surface area contributed by atoms with Gasteiger partial charge in [0.1, 0.15) is 11.9 Å². The van der Waals surface area contributed by atoms with Gasteiger partial charge < -0.3 is 10.2 Å². The fourth-order valence-corrected chi connectivity index (χ4v) is 3.87. The van der Waals surface area contributed by atoms with Crippen LogP contribution in [0.5, 0.6) is 0 Å². The maximum absolute atomic E-state index is 13.2. The monoisotopic (exact) mass is 352 g/mol. The van der Waals surface area contributed by atoms with E-state index in [0.29, 0.717) is 18.7 Å². The molecule has 1 aliphatic heterocycles. The normalized spacial score (nSPS) is 21.8. The van der Waals surface area contributed by atoms with Gasteiger partial charge in [0.05, 0.1) is 5.02 Å². The van der Waals surface area contributed by atoms with Gasteiger partial charge in [-0.25, -0.2) is 4.39 Å². The van der Waals surface area contributed by atoms with Crippen LogP contribution in [0.2, 0.25) is 5.02 Å². The number of rotatable bonds is 3. The molecule has 1 atom stereocenters. The highest BCUT2D eigenvalue weighted by Crippen LogP contribution is 2.29. The molecule has 1 saturated carbocycles. The molecule has 2 amide bonds. The van der Waals surface area contributed by atoms with Crippen molar-refractivity contribution in [2.75, 3.05) is 11.9 Å². The van der Waals surface area contributed by atoms with Crippen molar-refractivity contribution >= 4 is 29.1 Å². The number of carbonyl (C=O) groups is 2. The number of carbonyl (C=O) groups excluding carboxylic acids is 2. The Morgan fingerprint density at radius 3 is 2.58 bits per heavy atom. The highest BCUT2D eigenvalue weighted by molar-refractivity contribution is 6.31. The van der Waals surface area contributed by atoms with Crippen molar-refractivity contribution in [3.63, 3.8) is 0 Å². The lowest BCUT2D eigenvalue weighted by Crippen LogP contribution is -2.46. The molecule has 0 spiro atoms. The number of nitrogens with zero attached hydrogens (tertiary/aromatic N) is 1. The standard InChI is InChI=1S/C18H22ClFN2O2/c19-14-11-13(8-9-15(14)20)21-17(23)16-7-4-10-22(16)18(24)12-5-2-1-3-6-12/h8-9,11-12,16H,1-7,10H2,(H,21,23). The maximum Gasteiger partial charge on any atom is 0.247 e. The highest BCUT2D eigenvalue weighted by Gasteiger charge is 2.37. The number of nitrogens with one attached hydrogen (secondary N) is 1. The Bertz CT molecular complexity index is 631. The third kappa shape index (κ3) is 3.72. The van der Waals surface area contributed by atoms with Gasteiger partial charge in [-0.05, 0) is 43.9 Å². The maximum atomic E-state index is 13.2. The summed E-state index contributed by atoms with van der Waals surface area (Å²) in [6.45, 7) is 0.637. The van der Waals surface area contributed by atoms with Crippen molar-refractivity contribution in [1.29, 1.82) is 0 Å². The molecular formula is C18H22ClFN2O2. The number of halogens is 2. The second-order valence-corrected chi connectivity index (χ2v) is 7.05. The van der Waals surface area contributed by atoms with E-state index in [4.69, 9.17) is 11.6 Å². The molecule has 130 valence electrons. The van der Waals surface area contributed by atoms with E-state index >= 15 is 0 Å². The number of anilines is 1. The number of benzene rings is 1. The van der Waals surface area contributed by atoms with Gasteiger partial charge in [0, 0.05) is 18.2 Å². The lowest BCUT2D eigenvalue weighted by Gasteiger charge is -2.30. The van der Waals surface area contributed by atoms with Gasteiger partial charge >= 0.3 is 0 Å². The minimum Gasteiger partial charge on any atom is -0.330 e. The lowest BCUT2D eigenvalue weighted by molar-refractivity contribution is -0.141. The average Bonchev–Trinajstić information content (AvgIpc) is 3.08. The first-order valence-corrected chi connectivity index (χ1v) is 9.00. The predicted octanol–water partition coefficient (Wildman–Crippen LogP) is 3.99. The molecule has 1 saturated heterocycles. The fourth-order valence-electron chi connectivity index (χ4n) is 3.69. The highest BCUT2D eigenvalue weighted by atomic mass is 35.5. The number of likely N-dealkylation sites (tertiary alicyclic amines) is 1. The number of hydrogen-bond donors (Lipinski definition) is 1. The Hall–Kier alpha value is -1.62. The van der Waals surface area contributed by atoms with Gasteiger partial charge in [0.25, 0.3) is 0 Å². The van der Waals surface area contributed by atoms with E-state index in [2.05, 4.69) is 5.32 Å². The molecule has 6 heteroatoms. The lowest BCUT2D eigenvalue weighted by atomic mass is 9.88. The summed E-state index contributed by atoms with van der Waals surface area (Å²) >= 11 is 5.75. The summed E-state index contributed by atoms with van der Waals surface area (Å²) in [6, 6.07) is 3.64. The number of hydrogen-bond acceptors (Lipinski definition) is 2. The molecule has 0 bridgehead atoms. The van der Waals surface area contributed by atoms with Gasteiger partial charge in [-0.15, -0.1) is 0 Å². The first kappa shape index (κ1) is 17.2.